The second-order valence-electron chi connectivity index (χ2n) is 5.92. The summed E-state index contributed by atoms with van der Waals surface area (Å²) in [6, 6.07) is 14.7. The summed E-state index contributed by atoms with van der Waals surface area (Å²) in [6.07, 6.45) is -0.138. The zero-order valence-electron chi connectivity index (χ0n) is 14.3. The second kappa shape index (κ2) is 8.41. The van der Waals surface area contributed by atoms with Crippen molar-refractivity contribution in [1.82, 2.24) is 4.98 Å². The van der Waals surface area contributed by atoms with Crippen molar-refractivity contribution in [3.8, 4) is 11.3 Å². The smallest absolute Gasteiger partial charge is 0.227 e. The summed E-state index contributed by atoms with van der Waals surface area (Å²) in [5.74, 6) is -1.07. The fraction of sp³-hybridized carbons (Fsp3) is 0.158. The molecule has 27 heavy (non-hydrogen) atoms. The van der Waals surface area contributed by atoms with Crippen LogP contribution in [0.1, 0.15) is 12.0 Å². The Morgan fingerprint density at radius 1 is 1.07 bits per heavy atom. The van der Waals surface area contributed by atoms with Gasteiger partial charge in [0.1, 0.15) is 5.82 Å². The van der Waals surface area contributed by atoms with E-state index in [4.69, 9.17) is 0 Å². The van der Waals surface area contributed by atoms with Crippen LogP contribution in [0.2, 0.25) is 0 Å². The summed E-state index contributed by atoms with van der Waals surface area (Å²) in [5.41, 5.74) is 2.05. The SMILES string of the molecule is O=C(CCS(=O)(=O)Cc1ccccc1)Nc1nc(-c2ccc(F)cc2)cs1. The van der Waals surface area contributed by atoms with Crippen LogP contribution < -0.4 is 5.32 Å². The standard InChI is InChI=1S/C19H17FN2O3S2/c20-16-8-6-15(7-9-16)17-12-26-19(21-17)22-18(23)10-11-27(24,25)13-14-4-2-1-3-5-14/h1-9,12H,10-11,13H2,(H,21,22,23). The number of hydrogen-bond acceptors (Lipinski definition) is 5. The first-order valence-corrected chi connectivity index (χ1v) is 10.9. The lowest BCUT2D eigenvalue weighted by Gasteiger charge is -2.05. The average molecular weight is 404 g/mol. The van der Waals surface area contributed by atoms with Gasteiger partial charge in [0, 0.05) is 17.4 Å². The Bertz CT molecular complexity index is 1020. The van der Waals surface area contributed by atoms with Crippen LogP contribution in [0.25, 0.3) is 11.3 Å². The van der Waals surface area contributed by atoms with Gasteiger partial charge in [-0.15, -0.1) is 11.3 Å². The number of carbonyl (C=O) groups excluding carboxylic acids is 1. The molecule has 8 heteroatoms. The van der Waals surface area contributed by atoms with Crippen molar-refractivity contribution < 1.29 is 17.6 Å². The number of nitrogens with zero attached hydrogens (tertiary/aromatic N) is 1. The van der Waals surface area contributed by atoms with Crippen molar-refractivity contribution in [3.05, 3.63) is 71.4 Å². The Morgan fingerprint density at radius 2 is 1.78 bits per heavy atom. The summed E-state index contributed by atoms with van der Waals surface area (Å²) in [4.78, 5) is 16.3. The first kappa shape index (κ1) is 19.2. The largest absolute Gasteiger partial charge is 0.302 e. The number of anilines is 1. The normalized spacial score (nSPS) is 11.3. The molecule has 0 fully saturated rings. The maximum absolute atomic E-state index is 13.0. The number of carbonyl (C=O) groups is 1. The van der Waals surface area contributed by atoms with Gasteiger partial charge >= 0.3 is 0 Å². The first-order chi connectivity index (χ1) is 12.9. The molecular weight excluding hydrogens is 387 g/mol. The molecule has 0 spiro atoms. The lowest BCUT2D eigenvalue weighted by Crippen LogP contribution is -2.18. The Labute approximate surface area is 160 Å². The highest BCUT2D eigenvalue weighted by Crippen LogP contribution is 2.25. The second-order valence-corrected chi connectivity index (χ2v) is 8.96. The van der Waals surface area contributed by atoms with Crippen LogP contribution in [0.15, 0.2) is 60.0 Å². The molecule has 0 aliphatic rings. The van der Waals surface area contributed by atoms with Crippen LogP contribution in [0.5, 0.6) is 0 Å². The maximum Gasteiger partial charge on any atom is 0.227 e. The third kappa shape index (κ3) is 5.70. The fourth-order valence-electron chi connectivity index (χ4n) is 2.41. The molecule has 0 bridgehead atoms. The highest BCUT2D eigenvalue weighted by Gasteiger charge is 2.15. The zero-order chi connectivity index (χ0) is 19.3. The number of halogens is 1. The van der Waals surface area contributed by atoms with E-state index in [-0.39, 0.29) is 23.7 Å². The molecule has 3 aromatic rings. The number of aromatic nitrogens is 1. The Balaban J connectivity index is 1.54. The van der Waals surface area contributed by atoms with E-state index in [2.05, 4.69) is 10.3 Å². The number of sulfone groups is 1. The lowest BCUT2D eigenvalue weighted by molar-refractivity contribution is -0.115. The van der Waals surface area contributed by atoms with Crippen LogP contribution in [-0.4, -0.2) is 25.1 Å². The molecule has 0 aliphatic carbocycles. The van der Waals surface area contributed by atoms with Gasteiger partial charge in [0.15, 0.2) is 15.0 Å². The molecule has 0 atom stereocenters. The van der Waals surface area contributed by atoms with Crippen molar-refractivity contribution in [3.63, 3.8) is 0 Å². The van der Waals surface area contributed by atoms with Gasteiger partial charge in [0.05, 0.1) is 17.2 Å². The van der Waals surface area contributed by atoms with E-state index >= 15 is 0 Å². The highest BCUT2D eigenvalue weighted by atomic mass is 32.2. The van der Waals surface area contributed by atoms with E-state index in [1.54, 1.807) is 41.8 Å². The van der Waals surface area contributed by atoms with E-state index in [0.29, 0.717) is 16.4 Å². The molecule has 0 saturated carbocycles. The number of rotatable bonds is 7. The molecule has 3 rings (SSSR count). The molecule has 1 N–H and O–H groups in total. The van der Waals surface area contributed by atoms with Crippen LogP contribution in [0, 0.1) is 5.82 Å². The van der Waals surface area contributed by atoms with Crippen LogP contribution in [0.3, 0.4) is 0 Å². The van der Waals surface area contributed by atoms with E-state index < -0.39 is 15.7 Å². The molecular formula is C19H17FN2O3S2. The molecule has 2 aromatic carbocycles. The molecule has 0 aliphatic heterocycles. The van der Waals surface area contributed by atoms with E-state index in [1.807, 2.05) is 6.07 Å². The van der Waals surface area contributed by atoms with Gasteiger partial charge in [-0.2, -0.15) is 0 Å². The van der Waals surface area contributed by atoms with Crippen molar-refractivity contribution in [2.24, 2.45) is 0 Å². The Morgan fingerprint density at radius 3 is 2.48 bits per heavy atom. The highest BCUT2D eigenvalue weighted by molar-refractivity contribution is 7.90. The minimum Gasteiger partial charge on any atom is -0.302 e. The fourth-order valence-corrected chi connectivity index (χ4v) is 4.49. The summed E-state index contributed by atoms with van der Waals surface area (Å²) in [5, 5.41) is 4.73. The summed E-state index contributed by atoms with van der Waals surface area (Å²) >= 11 is 1.23. The number of thiazole rings is 1. The van der Waals surface area contributed by atoms with Gasteiger partial charge in [-0.25, -0.2) is 17.8 Å². The van der Waals surface area contributed by atoms with Crippen LogP contribution in [-0.2, 0) is 20.4 Å². The lowest BCUT2D eigenvalue weighted by atomic mass is 10.2. The number of amides is 1. The minimum atomic E-state index is -3.38. The van der Waals surface area contributed by atoms with Crippen molar-refractivity contribution in [2.75, 3.05) is 11.1 Å². The maximum atomic E-state index is 13.0. The summed E-state index contributed by atoms with van der Waals surface area (Å²) < 4.78 is 37.3. The van der Waals surface area contributed by atoms with Crippen LogP contribution in [0.4, 0.5) is 9.52 Å². The molecule has 1 amide bonds. The van der Waals surface area contributed by atoms with Gasteiger partial charge in [0.25, 0.3) is 0 Å². The van der Waals surface area contributed by atoms with Gasteiger partial charge in [-0.05, 0) is 29.8 Å². The van der Waals surface area contributed by atoms with Gasteiger partial charge in [0.2, 0.25) is 5.91 Å². The molecule has 1 aromatic heterocycles. The predicted octanol–water partition coefficient (Wildman–Crippen LogP) is 3.89. The molecule has 1 heterocycles. The van der Waals surface area contributed by atoms with Gasteiger partial charge in [-0.1, -0.05) is 30.3 Å². The van der Waals surface area contributed by atoms with Crippen LogP contribution >= 0.6 is 11.3 Å². The van der Waals surface area contributed by atoms with E-state index in [9.17, 15) is 17.6 Å². The predicted molar refractivity (Wildman–Crippen MR) is 105 cm³/mol. The number of benzene rings is 2. The summed E-state index contributed by atoms with van der Waals surface area (Å²) in [7, 11) is -3.38. The number of hydrogen-bond donors (Lipinski definition) is 1. The summed E-state index contributed by atoms with van der Waals surface area (Å²) in [6.45, 7) is 0. The average Bonchev–Trinajstić information content (AvgIpc) is 3.10. The molecule has 0 radical (unpaired) electrons. The van der Waals surface area contributed by atoms with E-state index in [0.717, 1.165) is 5.56 Å². The third-order valence-electron chi connectivity index (χ3n) is 3.76. The first-order valence-electron chi connectivity index (χ1n) is 8.17. The minimum absolute atomic E-state index is 0.0902. The quantitative estimate of drug-likeness (QED) is 0.648. The third-order valence-corrected chi connectivity index (χ3v) is 6.12. The zero-order valence-corrected chi connectivity index (χ0v) is 15.9. The van der Waals surface area contributed by atoms with Gasteiger partial charge < -0.3 is 5.32 Å². The topological polar surface area (TPSA) is 76.1 Å². The van der Waals surface area contributed by atoms with Crippen molar-refractivity contribution in [2.45, 2.75) is 12.2 Å². The molecule has 5 nitrogen and oxygen atoms in total. The monoisotopic (exact) mass is 404 g/mol. The Kier molecular flexibility index (Phi) is 5.98. The van der Waals surface area contributed by atoms with Gasteiger partial charge in [-0.3, -0.25) is 4.79 Å². The van der Waals surface area contributed by atoms with Crippen molar-refractivity contribution >= 4 is 32.2 Å². The Hall–Kier alpha value is -2.58. The van der Waals surface area contributed by atoms with Crippen molar-refractivity contribution in [1.29, 1.82) is 0 Å². The molecule has 140 valence electrons. The van der Waals surface area contributed by atoms with E-state index in [1.165, 1.54) is 23.5 Å². The molecule has 0 saturated heterocycles. The number of nitrogens with one attached hydrogen (secondary N) is 1. The molecule has 0 unspecified atom stereocenters.